The summed E-state index contributed by atoms with van der Waals surface area (Å²) in [6.45, 7) is 15.1. The first-order valence-corrected chi connectivity index (χ1v) is 13.5. The Labute approximate surface area is 237 Å². The molecule has 10 heteroatoms. The normalized spacial score (nSPS) is 16.6. The van der Waals surface area contributed by atoms with E-state index in [2.05, 4.69) is 5.32 Å². The predicted octanol–water partition coefficient (Wildman–Crippen LogP) is 3.96. The zero-order valence-electron chi connectivity index (χ0n) is 24.7. The Bertz CT molecular complexity index is 1190. The molecule has 0 aromatic heterocycles. The molecule has 2 aromatic rings. The van der Waals surface area contributed by atoms with E-state index in [0.717, 1.165) is 5.56 Å². The van der Waals surface area contributed by atoms with Gasteiger partial charge in [0.15, 0.2) is 0 Å². The van der Waals surface area contributed by atoms with Crippen LogP contribution in [0.2, 0.25) is 0 Å². The van der Waals surface area contributed by atoms with E-state index in [1.54, 1.807) is 45.9 Å². The molecule has 1 N–H and O–H groups in total. The van der Waals surface area contributed by atoms with Crippen LogP contribution in [0.1, 0.15) is 77.7 Å². The van der Waals surface area contributed by atoms with Crippen LogP contribution in [0.25, 0.3) is 0 Å². The topological polar surface area (TPSA) is 109 Å². The molecule has 0 aliphatic carbocycles. The lowest BCUT2D eigenvalue weighted by atomic mass is 9.78. The van der Waals surface area contributed by atoms with Crippen LogP contribution in [0.3, 0.4) is 0 Å². The molecule has 40 heavy (non-hydrogen) atoms. The fourth-order valence-electron chi connectivity index (χ4n) is 3.89. The second kappa shape index (κ2) is 12.4. The van der Waals surface area contributed by atoms with Gasteiger partial charge in [-0.25, -0.2) is 4.79 Å². The summed E-state index contributed by atoms with van der Waals surface area (Å²) in [4.78, 5) is 39.0. The van der Waals surface area contributed by atoms with E-state index in [-0.39, 0.29) is 12.2 Å². The Hall–Kier alpha value is -3.37. The van der Waals surface area contributed by atoms with Gasteiger partial charge in [0.1, 0.15) is 24.0 Å². The Morgan fingerprint density at radius 1 is 0.975 bits per heavy atom. The van der Waals surface area contributed by atoms with Crippen LogP contribution in [0, 0.1) is 0 Å². The molecule has 9 nitrogen and oxygen atoms in total. The minimum absolute atomic E-state index is 0.0452. The average molecular weight is 553 g/mol. The highest BCUT2D eigenvalue weighted by atomic mass is 16.7. The molecule has 2 aromatic carbocycles. The molecule has 1 heterocycles. The minimum Gasteiger partial charge on any atom is -0.493 e. The van der Waals surface area contributed by atoms with Crippen LogP contribution in [0.5, 0.6) is 5.75 Å². The van der Waals surface area contributed by atoms with E-state index in [9.17, 15) is 14.4 Å². The van der Waals surface area contributed by atoms with E-state index in [1.165, 1.54) is 0 Å². The van der Waals surface area contributed by atoms with Gasteiger partial charge in [-0.3, -0.25) is 9.59 Å². The Kier molecular flexibility index (Phi) is 9.69. The highest BCUT2D eigenvalue weighted by Gasteiger charge is 2.51. The van der Waals surface area contributed by atoms with E-state index < -0.39 is 54.2 Å². The molecule has 216 valence electrons. The predicted molar refractivity (Wildman–Crippen MR) is 151 cm³/mol. The maximum atomic E-state index is 13.4. The standard InChI is InChI=1S/C30H40BNO8/c1-9-36-24-17-21(31-39-29(5,6)30(7,8)40-31)15-16-22(24)26(34)32-23(27(35)38-28(2,3)4)18-25(33)37-19-20-13-11-10-12-14-20/h10-17,23H,9,18-19H2,1-8H3,(H,32,34). The van der Waals surface area contributed by atoms with Crippen molar-refractivity contribution in [1.82, 2.24) is 5.32 Å². The van der Waals surface area contributed by atoms with Crippen LogP contribution >= 0.6 is 0 Å². The van der Waals surface area contributed by atoms with Crippen molar-refractivity contribution in [2.45, 2.75) is 91.3 Å². The maximum Gasteiger partial charge on any atom is 0.494 e. The van der Waals surface area contributed by atoms with Crippen molar-refractivity contribution in [3.05, 3.63) is 59.7 Å². The van der Waals surface area contributed by atoms with Crippen molar-refractivity contribution in [1.29, 1.82) is 0 Å². The number of nitrogens with one attached hydrogen (secondary N) is 1. The third kappa shape index (κ3) is 8.08. The summed E-state index contributed by atoms with van der Waals surface area (Å²) in [5, 5.41) is 2.64. The molecular weight excluding hydrogens is 513 g/mol. The molecule has 1 fully saturated rings. The molecule has 1 atom stereocenters. The van der Waals surface area contributed by atoms with Crippen LogP contribution in [0.15, 0.2) is 48.5 Å². The molecule has 0 bridgehead atoms. The summed E-state index contributed by atoms with van der Waals surface area (Å²) in [5.41, 5.74) is -0.211. The molecule has 1 unspecified atom stereocenters. The first kappa shape index (κ1) is 31.2. The van der Waals surface area contributed by atoms with Gasteiger partial charge in [-0.05, 0) is 78.5 Å². The Morgan fingerprint density at radius 2 is 1.60 bits per heavy atom. The van der Waals surface area contributed by atoms with Crippen molar-refractivity contribution in [2.24, 2.45) is 0 Å². The first-order valence-electron chi connectivity index (χ1n) is 13.5. The SMILES string of the molecule is CCOc1cc(B2OC(C)(C)C(C)(C)O2)ccc1C(=O)NC(CC(=O)OCc1ccccc1)C(=O)OC(C)(C)C. The first-order chi connectivity index (χ1) is 18.6. The molecule has 0 saturated carbocycles. The fraction of sp³-hybridized carbons (Fsp3) is 0.500. The van der Waals surface area contributed by atoms with Gasteiger partial charge in [0.05, 0.1) is 29.8 Å². The number of rotatable bonds is 10. The lowest BCUT2D eigenvalue weighted by Crippen LogP contribution is -2.45. The molecule has 3 rings (SSSR count). The second-order valence-electron chi connectivity index (χ2n) is 11.7. The molecule has 1 aliphatic heterocycles. The van der Waals surface area contributed by atoms with E-state index >= 15 is 0 Å². The van der Waals surface area contributed by atoms with Gasteiger partial charge in [-0.2, -0.15) is 0 Å². The summed E-state index contributed by atoms with van der Waals surface area (Å²) >= 11 is 0. The number of ether oxygens (including phenoxy) is 3. The third-order valence-electron chi connectivity index (χ3n) is 6.69. The van der Waals surface area contributed by atoms with Gasteiger partial charge in [-0.1, -0.05) is 36.4 Å². The van der Waals surface area contributed by atoms with Crippen molar-refractivity contribution in [3.8, 4) is 5.75 Å². The zero-order chi connectivity index (χ0) is 29.7. The molecule has 0 radical (unpaired) electrons. The molecule has 1 amide bonds. The largest absolute Gasteiger partial charge is 0.494 e. The summed E-state index contributed by atoms with van der Waals surface area (Å²) in [5.74, 6) is -1.71. The molecule has 0 spiro atoms. The van der Waals surface area contributed by atoms with Gasteiger partial charge in [0, 0.05) is 0 Å². The number of carbonyl (C=O) groups is 3. The van der Waals surface area contributed by atoms with Crippen LogP contribution in [0.4, 0.5) is 0 Å². The highest BCUT2D eigenvalue weighted by Crippen LogP contribution is 2.36. The van der Waals surface area contributed by atoms with Crippen molar-refractivity contribution in [3.63, 3.8) is 0 Å². The lowest BCUT2D eigenvalue weighted by Gasteiger charge is -2.32. The summed E-state index contributed by atoms with van der Waals surface area (Å²) < 4.78 is 28.9. The maximum absolute atomic E-state index is 13.4. The molecule has 1 saturated heterocycles. The second-order valence-corrected chi connectivity index (χ2v) is 11.7. The lowest BCUT2D eigenvalue weighted by molar-refractivity contribution is -0.161. The van der Waals surface area contributed by atoms with E-state index in [1.807, 2.05) is 58.0 Å². The third-order valence-corrected chi connectivity index (χ3v) is 6.69. The van der Waals surface area contributed by atoms with Gasteiger partial charge in [0.25, 0.3) is 5.91 Å². The quantitative estimate of drug-likeness (QED) is 0.348. The summed E-state index contributed by atoms with van der Waals surface area (Å²) in [6.07, 6.45) is -0.399. The fourth-order valence-corrected chi connectivity index (χ4v) is 3.89. The van der Waals surface area contributed by atoms with Crippen LogP contribution < -0.4 is 15.5 Å². The monoisotopic (exact) mass is 553 g/mol. The van der Waals surface area contributed by atoms with Gasteiger partial charge in [0.2, 0.25) is 0 Å². The number of carbonyl (C=O) groups excluding carboxylic acids is 3. The highest BCUT2D eigenvalue weighted by molar-refractivity contribution is 6.62. The summed E-state index contributed by atoms with van der Waals surface area (Å²) in [6, 6.07) is 12.9. The van der Waals surface area contributed by atoms with Crippen molar-refractivity contribution in [2.75, 3.05) is 6.61 Å². The number of amides is 1. The molecule has 1 aliphatic rings. The van der Waals surface area contributed by atoms with E-state index in [4.69, 9.17) is 23.5 Å². The Morgan fingerprint density at radius 3 is 2.17 bits per heavy atom. The smallest absolute Gasteiger partial charge is 0.493 e. The van der Waals surface area contributed by atoms with Crippen molar-refractivity contribution >= 4 is 30.4 Å². The van der Waals surface area contributed by atoms with Crippen molar-refractivity contribution < 1.29 is 37.9 Å². The average Bonchev–Trinajstić information content (AvgIpc) is 3.08. The number of hydrogen-bond acceptors (Lipinski definition) is 8. The van der Waals surface area contributed by atoms with Gasteiger partial charge in [-0.15, -0.1) is 0 Å². The Balaban J connectivity index is 1.79. The molecular formula is C30H40BNO8. The van der Waals surface area contributed by atoms with Crippen LogP contribution in [-0.4, -0.2) is 54.4 Å². The van der Waals surface area contributed by atoms with Crippen LogP contribution in [-0.2, 0) is 35.0 Å². The zero-order valence-corrected chi connectivity index (χ0v) is 24.7. The minimum atomic E-state index is -1.27. The summed E-state index contributed by atoms with van der Waals surface area (Å²) in [7, 11) is -0.643. The van der Waals surface area contributed by atoms with Gasteiger partial charge >= 0.3 is 19.1 Å². The number of benzene rings is 2. The van der Waals surface area contributed by atoms with E-state index in [0.29, 0.717) is 17.8 Å². The number of hydrogen-bond donors (Lipinski definition) is 1. The van der Waals surface area contributed by atoms with Gasteiger partial charge < -0.3 is 28.8 Å². The number of esters is 2.